The van der Waals surface area contributed by atoms with Gasteiger partial charge in [-0.15, -0.1) is 11.3 Å². The van der Waals surface area contributed by atoms with E-state index in [0.717, 1.165) is 30.7 Å². The molecule has 0 aliphatic heterocycles. The molecule has 0 spiro atoms. The highest BCUT2D eigenvalue weighted by molar-refractivity contribution is 9.10. The molecule has 4 aromatic rings. The molecule has 0 atom stereocenters. The van der Waals surface area contributed by atoms with Crippen LogP contribution in [-0.4, -0.2) is 14.9 Å². The summed E-state index contributed by atoms with van der Waals surface area (Å²) < 4.78 is 0.997. The molecule has 28 heavy (non-hydrogen) atoms. The fraction of sp³-hybridized carbons (Fsp3) is 0.0526. The molecule has 1 N–H and O–H groups in total. The van der Waals surface area contributed by atoms with Crippen molar-refractivity contribution in [2.75, 3.05) is 5.32 Å². The number of thiophene rings is 1. The van der Waals surface area contributed by atoms with Gasteiger partial charge in [0.15, 0.2) is 0 Å². The van der Waals surface area contributed by atoms with E-state index in [0.29, 0.717) is 11.5 Å². The van der Waals surface area contributed by atoms with Crippen molar-refractivity contribution < 1.29 is 4.92 Å². The molecule has 0 radical (unpaired) electrons. The summed E-state index contributed by atoms with van der Waals surface area (Å²) in [6.45, 7) is 2.04. The predicted octanol–water partition coefficient (Wildman–Crippen LogP) is 6.73. The molecule has 2 aromatic heterocycles. The van der Waals surface area contributed by atoms with Crippen LogP contribution in [0.1, 0.15) is 4.88 Å². The van der Waals surface area contributed by atoms with Crippen LogP contribution in [-0.2, 0) is 0 Å². The molecule has 0 saturated heterocycles. The summed E-state index contributed by atoms with van der Waals surface area (Å²) in [5, 5.41) is 15.3. The lowest BCUT2D eigenvalue weighted by atomic mass is 10.0. The summed E-state index contributed by atoms with van der Waals surface area (Å²) in [5.74, 6) is 0.587. The van der Waals surface area contributed by atoms with E-state index < -0.39 is 4.92 Å². The lowest BCUT2D eigenvalue weighted by molar-refractivity contribution is -0.384. The molecule has 9 heteroatoms. The van der Waals surface area contributed by atoms with Crippen molar-refractivity contribution in [1.82, 2.24) is 9.97 Å². The normalized spacial score (nSPS) is 11.0. The summed E-state index contributed by atoms with van der Waals surface area (Å²) in [5.41, 5.74) is 2.46. The maximum absolute atomic E-state index is 11.2. The second-order valence-electron chi connectivity index (χ2n) is 5.99. The third-order valence-electron chi connectivity index (χ3n) is 4.20. The minimum absolute atomic E-state index is 0.0883. The van der Waals surface area contributed by atoms with E-state index in [1.54, 1.807) is 17.4 Å². The van der Waals surface area contributed by atoms with E-state index in [4.69, 9.17) is 11.6 Å². The number of aromatic nitrogens is 2. The number of nitrogens with zero attached hydrogens (tertiary/aromatic N) is 3. The molecule has 0 bridgehead atoms. The average Bonchev–Trinajstić information content (AvgIpc) is 3.00. The van der Waals surface area contributed by atoms with Gasteiger partial charge in [0.1, 0.15) is 22.0 Å². The third-order valence-corrected chi connectivity index (χ3v) is 6.06. The number of hydrogen-bond donors (Lipinski definition) is 1. The highest BCUT2D eigenvalue weighted by Gasteiger charge is 2.18. The van der Waals surface area contributed by atoms with Gasteiger partial charge in [-0.05, 0) is 36.8 Å². The maximum Gasteiger partial charge on any atom is 0.289 e. The van der Waals surface area contributed by atoms with Crippen LogP contribution in [0.3, 0.4) is 0 Å². The molecular weight excluding hydrogens is 464 g/mol. The minimum atomic E-state index is -0.509. The first-order valence-corrected chi connectivity index (χ1v) is 10.1. The van der Waals surface area contributed by atoms with Gasteiger partial charge in [-0.2, -0.15) is 0 Å². The molecule has 0 saturated carbocycles. The van der Waals surface area contributed by atoms with Crippen LogP contribution in [0.25, 0.3) is 21.3 Å². The van der Waals surface area contributed by atoms with Crippen molar-refractivity contribution in [2.45, 2.75) is 6.92 Å². The number of nitro groups is 1. The van der Waals surface area contributed by atoms with Crippen molar-refractivity contribution in [1.29, 1.82) is 0 Å². The number of hydrogen-bond acceptors (Lipinski definition) is 6. The second-order valence-corrected chi connectivity index (χ2v) is 8.52. The van der Waals surface area contributed by atoms with Crippen molar-refractivity contribution in [3.8, 4) is 11.1 Å². The van der Waals surface area contributed by atoms with Gasteiger partial charge < -0.3 is 5.32 Å². The van der Waals surface area contributed by atoms with Gasteiger partial charge in [-0.25, -0.2) is 9.97 Å². The van der Waals surface area contributed by atoms with E-state index in [2.05, 4.69) is 31.2 Å². The predicted molar refractivity (Wildman–Crippen MR) is 117 cm³/mol. The Morgan fingerprint density at radius 1 is 1.18 bits per heavy atom. The van der Waals surface area contributed by atoms with E-state index >= 15 is 0 Å². The van der Waals surface area contributed by atoms with Gasteiger partial charge in [0.25, 0.3) is 5.69 Å². The van der Waals surface area contributed by atoms with Crippen LogP contribution in [0.4, 0.5) is 17.2 Å². The second kappa shape index (κ2) is 7.46. The summed E-state index contributed by atoms with van der Waals surface area (Å²) in [6, 6.07) is 12.6. The van der Waals surface area contributed by atoms with Crippen LogP contribution >= 0.6 is 38.9 Å². The van der Waals surface area contributed by atoms with Gasteiger partial charge in [0, 0.05) is 26.7 Å². The van der Waals surface area contributed by atoms with Crippen molar-refractivity contribution >= 4 is 66.3 Å². The number of nitrogens with one attached hydrogen (secondary N) is 1. The zero-order valence-corrected chi connectivity index (χ0v) is 17.6. The summed E-state index contributed by atoms with van der Waals surface area (Å²) in [7, 11) is 0. The summed E-state index contributed by atoms with van der Waals surface area (Å²) >= 11 is 11.0. The Balaban J connectivity index is 1.85. The first kappa shape index (κ1) is 18.8. The highest BCUT2D eigenvalue weighted by atomic mass is 79.9. The number of anilines is 2. The zero-order valence-electron chi connectivity index (χ0n) is 14.4. The molecule has 0 unspecified atom stereocenters. The number of aryl methyl sites for hydroxylation is 1. The van der Waals surface area contributed by atoms with Gasteiger partial charge >= 0.3 is 0 Å². The number of nitro benzene ring substituents is 1. The molecule has 0 aliphatic rings. The average molecular weight is 476 g/mol. The fourth-order valence-electron chi connectivity index (χ4n) is 2.97. The quantitative estimate of drug-likeness (QED) is 0.261. The van der Waals surface area contributed by atoms with Gasteiger partial charge in [-0.1, -0.05) is 39.7 Å². The SMILES string of the molecule is Cc1sc2ncnc(Nc3ccc(Cl)c([N+](=O)[O-])c3)c2c1-c1ccc(Br)cc1. The van der Waals surface area contributed by atoms with Crippen LogP contribution in [0.5, 0.6) is 0 Å². The monoisotopic (exact) mass is 474 g/mol. The molecule has 0 amide bonds. The van der Waals surface area contributed by atoms with E-state index in [9.17, 15) is 10.1 Å². The van der Waals surface area contributed by atoms with Crippen LogP contribution in [0, 0.1) is 17.0 Å². The Labute approximate surface area is 177 Å². The van der Waals surface area contributed by atoms with Gasteiger partial charge in [0.2, 0.25) is 0 Å². The van der Waals surface area contributed by atoms with Crippen molar-refractivity contribution in [3.63, 3.8) is 0 Å². The smallest absolute Gasteiger partial charge is 0.289 e. The van der Waals surface area contributed by atoms with E-state index in [-0.39, 0.29) is 10.7 Å². The lowest BCUT2D eigenvalue weighted by Gasteiger charge is -2.09. The molecule has 2 heterocycles. The number of halogens is 2. The molecule has 2 aromatic carbocycles. The van der Waals surface area contributed by atoms with Crippen molar-refractivity contribution in [3.05, 3.63) is 73.3 Å². The molecule has 0 aliphatic carbocycles. The molecule has 6 nitrogen and oxygen atoms in total. The first-order chi connectivity index (χ1) is 13.4. The third kappa shape index (κ3) is 3.46. The fourth-order valence-corrected chi connectivity index (χ4v) is 4.43. The highest BCUT2D eigenvalue weighted by Crippen LogP contribution is 2.41. The molecule has 0 fully saturated rings. The van der Waals surface area contributed by atoms with Crippen LogP contribution in [0.15, 0.2) is 53.3 Å². The molecule has 4 rings (SSSR count). The Kier molecular flexibility index (Phi) is 5.01. The minimum Gasteiger partial charge on any atom is -0.339 e. The van der Waals surface area contributed by atoms with E-state index in [1.165, 1.54) is 18.5 Å². The summed E-state index contributed by atoms with van der Waals surface area (Å²) in [4.78, 5) is 21.4. The van der Waals surface area contributed by atoms with Gasteiger partial charge in [0.05, 0.1) is 10.3 Å². The Morgan fingerprint density at radius 3 is 2.64 bits per heavy atom. The number of rotatable bonds is 4. The number of benzene rings is 2. The van der Waals surface area contributed by atoms with Crippen LogP contribution < -0.4 is 5.32 Å². The van der Waals surface area contributed by atoms with Gasteiger partial charge in [-0.3, -0.25) is 10.1 Å². The summed E-state index contributed by atoms with van der Waals surface area (Å²) in [6.07, 6.45) is 1.48. The van der Waals surface area contributed by atoms with Crippen LogP contribution in [0.2, 0.25) is 5.02 Å². The van der Waals surface area contributed by atoms with Crippen molar-refractivity contribution in [2.24, 2.45) is 0 Å². The van der Waals surface area contributed by atoms with E-state index in [1.807, 2.05) is 31.2 Å². The zero-order chi connectivity index (χ0) is 19.8. The topological polar surface area (TPSA) is 81.0 Å². The Bertz CT molecular complexity index is 1210. The largest absolute Gasteiger partial charge is 0.339 e. The Hall–Kier alpha value is -2.55. The number of fused-ring (bicyclic) bond motifs is 1. The Morgan fingerprint density at radius 2 is 1.93 bits per heavy atom. The lowest BCUT2D eigenvalue weighted by Crippen LogP contribution is -1.97. The first-order valence-electron chi connectivity index (χ1n) is 8.15. The molecule has 140 valence electrons. The maximum atomic E-state index is 11.2. The standard InChI is InChI=1S/C19H12BrClN4O2S/c1-10-16(11-2-4-12(20)5-3-11)17-18(22-9-23-19(17)28-10)24-13-6-7-14(21)15(8-13)25(26)27/h2-9H,1H3,(H,22,23,24). The molecular formula is C19H12BrClN4O2S.